The number of aryl methyl sites for hydroxylation is 2. The first-order valence-corrected chi connectivity index (χ1v) is 14.8. The highest BCUT2D eigenvalue weighted by Crippen LogP contribution is 2.27. The van der Waals surface area contributed by atoms with Gasteiger partial charge in [0.2, 0.25) is 0 Å². The number of hydrogen-bond donors (Lipinski definition) is 1. The van der Waals surface area contributed by atoms with Crippen molar-refractivity contribution >= 4 is 10.9 Å². The van der Waals surface area contributed by atoms with Gasteiger partial charge < -0.3 is 10.1 Å². The maximum absolute atomic E-state index is 5.27. The van der Waals surface area contributed by atoms with Gasteiger partial charge in [0.05, 0.1) is 12.6 Å². The van der Waals surface area contributed by atoms with E-state index in [1.54, 1.807) is 7.11 Å². The molecular formula is C32H54N2O. The molecule has 0 aliphatic heterocycles. The molecule has 1 N–H and O–H groups in total. The fraction of sp³-hybridized carbons (Fsp3) is 0.719. The largest absolute Gasteiger partial charge is 0.497 e. The van der Waals surface area contributed by atoms with Gasteiger partial charge in [-0.05, 0) is 99.6 Å². The number of unbranched alkanes of at least 4 members (excludes halogenated alkanes) is 1. The minimum absolute atomic E-state index is 0.847. The van der Waals surface area contributed by atoms with E-state index in [9.17, 15) is 0 Å². The number of ether oxygens (including phenoxy) is 1. The van der Waals surface area contributed by atoms with Gasteiger partial charge in [-0.3, -0.25) is 4.98 Å². The lowest BCUT2D eigenvalue weighted by Crippen LogP contribution is -2.34. The highest BCUT2D eigenvalue weighted by Gasteiger charge is 2.18. The van der Waals surface area contributed by atoms with Crippen LogP contribution < -0.4 is 10.1 Å². The summed E-state index contributed by atoms with van der Waals surface area (Å²) in [6, 6.07) is 6.90. The summed E-state index contributed by atoms with van der Waals surface area (Å²) in [7, 11) is 1.70. The highest BCUT2D eigenvalue weighted by molar-refractivity contribution is 5.84. The van der Waals surface area contributed by atoms with Crippen molar-refractivity contribution < 1.29 is 4.74 Å². The monoisotopic (exact) mass is 482 g/mol. The third-order valence-corrected chi connectivity index (χ3v) is 7.97. The molecule has 0 amide bonds. The van der Waals surface area contributed by atoms with E-state index in [1.807, 2.05) is 32.2 Å². The Morgan fingerprint density at radius 1 is 1.00 bits per heavy atom. The number of methoxy groups -OCH3 is 1. The lowest BCUT2D eigenvalue weighted by molar-refractivity contribution is 0.286. The summed E-state index contributed by atoms with van der Waals surface area (Å²) < 4.78 is 5.27. The van der Waals surface area contributed by atoms with Gasteiger partial charge in [0, 0.05) is 17.6 Å². The average molecular weight is 483 g/mol. The molecule has 2 aliphatic carbocycles. The van der Waals surface area contributed by atoms with E-state index in [1.165, 1.54) is 100 Å². The number of hydrogen-bond acceptors (Lipinski definition) is 3. The second kappa shape index (κ2) is 17.0. The van der Waals surface area contributed by atoms with Crippen molar-refractivity contribution in [2.75, 3.05) is 13.7 Å². The van der Waals surface area contributed by atoms with E-state index < -0.39 is 0 Å². The Kier molecular flexibility index (Phi) is 14.3. The molecule has 1 aromatic carbocycles. The molecule has 2 aliphatic rings. The van der Waals surface area contributed by atoms with Crippen molar-refractivity contribution in [2.45, 2.75) is 124 Å². The summed E-state index contributed by atoms with van der Waals surface area (Å²) in [5.74, 6) is 2.93. The minimum atomic E-state index is 0.847. The predicted octanol–water partition coefficient (Wildman–Crippen LogP) is 9.05. The first-order chi connectivity index (χ1) is 17.1. The standard InChI is InChI=1S/C15H19NO.C15H29N.C2H6/c1-4-5-6-12-10-16-15-8-7-13(17-3)9-14(15)11(12)2;1-13-7-9-15(10-8-13)16-12-11-14-5-3-2-4-6-14;1-2/h7-10H,4-6H2,1-3H3;13-16H,2-12H2,1H3;1-2H3. The Balaban J connectivity index is 0.000000231. The number of benzene rings is 1. The van der Waals surface area contributed by atoms with Crippen LogP contribution in [0.15, 0.2) is 24.4 Å². The lowest BCUT2D eigenvalue weighted by Gasteiger charge is -2.28. The van der Waals surface area contributed by atoms with Gasteiger partial charge in [-0.15, -0.1) is 0 Å². The number of nitrogens with one attached hydrogen (secondary N) is 1. The first kappa shape index (κ1) is 29.6. The SMILES string of the molecule is CC.CC1CCC(NCCC2CCCCC2)CC1.CCCCc1cnc2ccc(OC)cc2c1C. The van der Waals surface area contributed by atoms with Crippen LogP contribution in [0.3, 0.4) is 0 Å². The van der Waals surface area contributed by atoms with Crippen molar-refractivity contribution in [2.24, 2.45) is 11.8 Å². The molecule has 0 spiro atoms. The Bertz CT molecular complexity index is 820. The molecule has 2 fully saturated rings. The van der Waals surface area contributed by atoms with E-state index >= 15 is 0 Å². The molecule has 35 heavy (non-hydrogen) atoms. The van der Waals surface area contributed by atoms with E-state index in [0.717, 1.165) is 35.6 Å². The number of rotatable bonds is 8. The number of pyridine rings is 1. The van der Waals surface area contributed by atoms with E-state index in [2.05, 4.69) is 37.1 Å². The Labute approximate surface area is 216 Å². The van der Waals surface area contributed by atoms with Crippen LogP contribution >= 0.6 is 0 Å². The molecule has 198 valence electrons. The van der Waals surface area contributed by atoms with Crippen LogP contribution in [0.4, 0.5) is 0 Å². The fourth-order valence-corrected chi connectivity index (χ4v) is 5.52. The van der Waals surface area contributed by atoms with Crippen molar-refractivity contribution in [1.29, 1.82) is 0 Å². The van der Waals surface area contributed by atoms with Crippen molar-refractivity contribution in [1.82, 2.24) is 10.3 Å². The molecule has 2 aromatic rings. The zero-order valence-corrected chi connectivity index (χ0v) is 23.8. The second-order valence-corrected chi connectivity index (χ2v) is 10.6. The first-order valence-electron chi connectivity index (χ1n) is 14.8. The fourth-order valence-electron chi connectivity index (χ4n) is 5.52. The smallest absolute Gasteiger partial charge is 0.119 e. The van der Waals surface area contributed by atoms with Gasteiger partial charge in [0.25, 0.3) is 0 Å². The van der Waals surface area contributed by atoms with Crippen LogP contribution in [0.25, 0.3) is 10.9 Å². The normalized spacial score (nSPS) is 20.4. The van der Waals surface area contributed by atoms with Crippen LogP contribution in [-0.4, -0.2) is 24.7 Å². The van der Waals surface area contributed by atoms with Crippen molar-refractivity contribution in [3.05, 3.63) is 35.5 Å². The van der Waals surface area contributed by atoms with Crippen LogP contribution in [0, 0.1) is 18.8 Å². The molecule has 0 saturated heterocycles. The highest BCUT2D eigenvalue weighted by atomic mass is 16.5. The average Bonchev–Trinajstić information content (AvgIpc) is 2.91. The molecule has 3 heteroatoms. The second-order valence-electron chi connectivity index (χ2n) is 10.6. The van der Waals surface area contributed by atoms with Gasteiger partial charge in [-0.1, -0.05) is 66.2 Å². The molecule has 0 radical (unpaired) electrons. The lowest BCUT2D eigenvalue weighted by atomic mass is 9.86. The summed E-state index contributed by atoms with van der Waals surface area (Å²) in [5.41, 5.74) is 3.73. The molecule has 0 atom stereocenters. The maximum Gasteiger partial charge on any atom is 0.119 e. The predicted molar refractivity (Wildman–Crippen MR) is 154 cm³/mol. The topological polar surface area (TPSA) is 34.2 Å². The molecule has 4 rings (SSSR count). The van der Waals surface area contributed by atoms with Gasteiger partial charge in [-0.2, -0.15) is 0 Å². The van der Waals surface area contributed by atoms with Gasteiger partial charge in [0.15, 0.2) is 0 Å². The van der Waals surface area contributed by atoms with Gasteiger partial charge in [-0.25, -0.2) is 0 Å². The van der Waals surface area contributed by atoms with Crippen LogP contribution in [-0.2, 0) is 6.42 Å². The van der Waals surface area contributed by atoms with Crippen molar-refractivity contribution in [3.8, 4) is 5.75 Å². The zero-order chi connectivity index (χ0) is 25.5. The summed E-state index contributed by atoms with van der Waals surface area (Å²) >= 11 is 0. The Morgan fingerprint density at radius 3 is 2.37 bits per heavy atom. The molecule has 3 nitrogen and oxygen atoms in total. The van der Waals surface area contributed by atoms with Gasteiger partial charge >= 0.3 is 0 Å². The summed E-state index contributed by atoms with van der Waals surface area (Å²) in [6.07, 6.45) is 20.2. The minimum Gasteiger partial charge on any atom is -0.497 e. The number of fused-ring (bicyclic) bond motifs is 1. The summed E-state index contributed by atoms with van der Waals surface area (Å²) in [4.78, 5) is 4.51. The van der Waals surface area contributed by atoms with Crippen LogP contribution in [0.5, 0.6) is 5.75 Å². The van der Waals surface area contributed by atoms with E-state index in [-0.39, 0.29) is 0 Å². The summed E-state index contributed by atoms with van der Waals surface area (Å²) in [6.45, 7) is 12.1. The molecular weight excluding hydrogens is 428 g/mol. The molecule has 1 heterocycles. The Morgan fingerprint density at radius 2 is 1.71 bits per heavy atom. The molecule has 0 unspecified atom stereocenters. The zero-order valence-electron chi connectivity index (χ0n) is 23.8. The molecule has 1 aromatic heterocycles. The van der Waals surface area contributed by atoms with E-state index in [4.69, 9.17) is 4.74 Å². The van der Waals surface area contributed by atoms with Crippen LogP contribution in [0.2, 0.25) is 0 Å². The van der Waals surface area contributed by atoms with E-state index in [0.29, 0.717) is 0 Å². The third-order valence-electron chi connectivity index (χ3n) is 7.97. The number of aromatic nitrogens is 1. The molecule has 0 bridgehead atoms. The Hall–Kier alpha value is -1.61. The maximum atomic E-state index is 5.27. The van der Waals surface area contributed by atoms with Crippen molar-refractivity contribution in [3.63, 3.8) is 0 Å². The summed E-state index contributed by atoms with van der Waals surface area (Å²) in [5, 5.41) is 5.00. The van der Waals surface area contributed by atoms with Gasteiger partial charge in [0.1, 0.15) is 5.75 Å². The quantitative estimate of drug-likeness (QED) is 0.407. The molecule has 2 saturated carbocycles. The van der Waals surface area contributed by atoms with Crippen LogP contribution in [0.1, 0.15) is 116 Å². The third kappa shape index (κ3) is 10.1. The number of nitrogens with zero attached hydrogens (tertiary/aromatic N) is 1.